The smallest absolute Gasteiger partial charge is 0.241 e. The molecule has 3 atom stereocenters. The molecule has 0 aromatic rings. The Morgan fingerprint density at radius 2 is 1.95 bits per heavy atom. The van der Waals surface area contributed by atoms with Crippen LogP contribution in [0.5, 0.6) is 0 Å². The van der Waals surface area contributed by atoms with Gasteiger partial charge in [0, 0.05) is 24.5 Å². The predicted molar refractivity (Wildman–Crippen MR) is 78.1 cm³/mol. The Morgan fingerprint density at radius 1 is 1.25 bits per heavy atom. The van der Waals surface area contributed by atoms with Crippen LogP contribution in [0.1, 0.15) is 52.4 Å². The fraction of sp³-hybridized carbons (Fsp3) is 0.938. The largest absolute Gasteiger partial charge is 0.377 e. The highest BCUT2D eigenvalue weighted by Gasteiger charge is 2.71. The molecule has 3 fully saturated rings. The van der Waals surface area contributed by atoms with Gasteiger partial charge in [-0.3, -0.25) is 4.79 Å². The number of amides is 1. The number of ether oxygens (including phenoxy) is 1. The van der Waals surface area contributed by atoms with E-state index in [0.29, 0.717) is 5.92 Å². The topological polar surface area (TPSA) is 64.3 Å². The zero-order valence-electron chi connectivity index (χ0n) is 12.8. The number of nitrogens with one attached hydrogen (secondary N) is 1. The predicted octanol–water partition coefficient (Wildman–Crippen LogP) is 1.83. The molecule has 1 amide bonds. The molecule has 2 saturated carbocycles. The Labute approximate surface area is 121 Å². The van der Waals surface area contributed by atoms with Crippen LogP contribution in [0.3, 0.4) is 0 Å². The first-order valence-electron chi connectivity index (χ1n) is 8.16. The second kappa shape index (κ2) is 4.99. The van der Waals surface area contributed by atoms with Crippen LogP contribution in [0.4, 0.5) is 0 Å². The zero-order valence-corrected chi connectivity index (χ0v) is 12.8. The minimum absolute atomic E-state index is 0.0415. The fourth-order valence-electron chi connectivity index (χ4n) is 4.62. The number of carbonyl (C=O) groups is 1. The van der Waals surface area contributed by atoms with Gasteiger partial charge in [0.25, 0.3) is 0 Å². The quantitative estimate of drug-likeness (QED) is 0.829. The van der Waals surface area contributed by atoms with Gasteiger partial charge in [0.2, 0.25) is 5.91 Å². The van der Waals surface area contributed by atoms with Gasteiger partial charge in [-0.1, -0.05) is 33.1 Å². The summed E-state index contributed by atoms with van der Waals surface area (Å²) in [6.07, 6.45) is 7.53. The maximum Gasteiger partial charge on any atom is 0.241 e. The lowest BCUT2D eigenvalue weighted by atomic mass is 9.48. The molecule has 0 bridgehead atoms. The molecule has 3 unspecified atom stereocenters. The second-order valence-electron chi connectivity index (χ2n) is 7.49. The van der Waals surface area contributed by atoms with Crippen molar-refractivity contribution in [3.8, 4) is 0 Å². The van der Waals surface area contributed by atoms with E-state index in [0.717, 1.165) is 19.6 Å². The van der Waals surface area contributed by atoms with E-state index in [-0.39, 0.29) is 23.3 Å². The first-order valence-corrected chi connectivity index (χ1v) is 8.16. The van der Waals surface area contributed by atoms with Crippen LogP contribution >= 0.6 is 0 Å². The summed E-state index contributed by atoms with van der Waals surface area (Å²) in [6.45, 7) is 5.68. The van der Waals surface area contributed by atoms with Crippen molar-refractivity contribution in [2.45, 2.75) is 64.0 Å². The molecule has 3 aliphatic rings. The van der Waals surface area contributed by atoms with E-state index in [2.05, 4.69) is 19.2 Å². The summed E-state index contributed by atoms with van der Waals surface area (Å²) in [5.74, 6) is 0.888. The normalized spacial score (nSPS) is 40.0. The van der Waals surface area contributed by atoms with Crippen molar-refractivity contribution >= 4 is 5.91 Å². The fourth-order valence-corrected chi connectivity index (χ4v) is 4.62. The third-order valence-corrected chi connectivity index (χ3v) is 6.11. The van der Waals surface area contributed by atoms with E-state index >= 15 is 0 Å². The van der Waals surface area contributed by atoms with Crippen LogP contribution in [-0.4, -0.2) is 30.7 Å². The van der Waals surface area contributed by atoms with Gasteiger partial charge < -0.3 is 15.8 Å². The Kier molecular flexibility index (Phi) is 3.57. The summed E-state index contributed by atoms with van der Waals surface area (Å²) < 4.78 is 5.75. The third-order valence-electron chi connectivity index (χ3n) is 6.11. The van der Waals surface area contributed by atoms with Crippen LogP contribution in [0.25, 0.3) is 0 Å². The van der Waals surface area contributed by atoms with E-state index in [9.17, 15) is 4.79 Å². The summed E-state index contributed by atoms with van der Waals surface area (Å²) in [5.41, 5.74) is 5.53. The molecule has 4 heteroatoms. The van der Waals surface area contributed by atoms with Crippen molar-refractivity contribution in [1.29, 1.82) is 0 Å². The first-order chi connectivity index (χ1) is 9.48. The maximum atomic E-state index is 12.7. The van der Waals surface area contributed by atoms with Crippen molar-refractivity contribution in [2.75, 3.05) is 13.2 Å². The molecule has 1 saturated heterocycles. The van der Waals surface area contributed by atoms with Gasteiger partial charge in [-0.25, -0.2) is 0 Å². The molecule has 0 aromatic carbocycles. The number of hydrogen-bond acceptors (Lipinski definition) is 3. The Balaban J connectivity index is 1.61. The van der Waals surface area contributed by atoms with Crippen molar-refractivity contribution < 1.29 is 9.53 Å². The van der Waals surface area contributed by atoms with Gasteiger partial charge in [-0.2, -0.15) is 0 Å². The lowest BCUT2D eigenvalue weighted by Crippen LogP contribution is -2.80. The van der Waals surface area contributed by atoms with Crippen molar-refractivity contribution in [3.63, 3.8) is 0 Å². The van der Waals surface area contributed by atoms with Crippen LogP contribution in [0.2, 0.25) is 0 Å². The van der Waals surface area contributed by atoms with E-state index < -0.39 is 5.54 Å². The van der Waals surface area contributed by atoms with Crippen LogP contribution in [0.15, 0.2) is 0 Å². The summed E-state index contributed by atoms with van der Waals surface area (Å²) in [5, 5.41) is 3.14. The molecule has 20 heavy (non-hydrogen) atoms. The molecule has 0 radical (unpaired) electrons. The number of carbonyl (C=O) groups excluding carboxylic acids is 1. The minimum atomic E-state index is -0.747. The van der Waals surface area contributed by atoms with Gasteiger partial charge in [0.15, 0.2) is 0 Å². The van der Waals surface area contributed by atoms with Crippen LogP contribution in [-0.2, 0) is 9.53 Å². The molecule has 1 heterocycles. The average Bonchev–Trinajstić information content (AvgIpc) is 2.93. The van der Waals surface area contributed by atoms with Crippen LogP contribution in [0, 0.1) is 17.3 Å². The summed E-state index contributed by atoms with van der Waals surface area (Å²) >= 11 is 0. The first kappa shape index (κ1) is 14.3. The zero-order chi connectivity index (χ0) is 14.4. The molecule has 0 spiro atoms. The van der Waals surface area contributed by atoms with Gasteiger partial charge in [-0.15, -0.1) is 0 Å². The summed E-state index contributed by atoms with van der Waals surface area (Å²) in [6, 6.07) is 0. The highest BCUT2D eigenvalue weighted by atomic mass is 16.5. The van der Waals surface area contributed by atoms with Crippen molar-refractivity contribution in [3.05, 3.63) is 0 Å². The monoisotopic (exact) mass is 280 g/mol. The second-order valence-corrected chi connectivity index (χ2v) is 7.49. The number of fused-ring (bicyclic) bond motifs is 1. The molecule has 114 valence electrons. The van der Waals surface area contributed by atoms with E-state index in [1.807, 2.05) is 0 Å². The molecule has 4 nitrogen and oxygen atoms in total. The van der Waals surface area contributed by atoms with E-state index in [1.165, 1.54) is 32.1 Å². The van der Waals surface area contributed by atoms with Crippen molar-refractivity contribution in [2.24, 2.45) is 23.0 Å². The minimum Gasteiger partial charge on any atom is -0.377 e. The molecule has 3 N–H and O–H groups in total. The highest BCUT2D eigenvalue weighted by Crippen LogP contribution is 2.58. The summed E-state index contributed by atoms with van der Waals surface area (Å²) in [4.78, 5) is 12.7. The highest BCUT2D eigenvalue weighted by molar-refractivity contribution is 5.89. The molecule has 1 aliphatic heterocycles. The Hall–Kier alpha value is -0.610. The number of rotatable bonds is 3. The molecule has 2 aliphatic carbocycles. The van der Waals surface area contributed by atoms with Gasteiger partial charge >= 0.3 is 0 Å². The molecule has 0 aromatic heterocycles. The number of hydrogen-bond donors (Lipinski definition) is 2. The average molecular weight is 280 g/mol. The van der Waals surface area contributed by atoms with Gasteiger partial charge in [0.05, 0.1) is 6.10 Å². The van der Waals surface area contributed by atoms with Crippen LogP contribution < -0.4 is 11.1 Å². The Morgan fingerprint density at radius 3 is 2.65 bits per heavy atom. The van der Waals surface area contributed by atoms with Gasteiger partial charge in [0.1, 0.15) is 5.54 Å². The van der Waals surface area contributed by atoms with Gasteiger partial charge in [-0.05, 0) is 25.2 Å². The SMILES string of the molecule is CC1(C)C2OCCC2C1(N)C(=O)NCC1CCCCC1. The third kappa shape index (κ3) is 1.92. The summed E-state index contributed by atoms with van der Waals surface area (Å²) in [7, 11) is 0. The standard InChI is InChI=1S/C16H28N2O2/c1-15(2)13-12(8-9-20-13)16(15,17)14(19)18-10-11-6-4-3-5-7-11/h11-13H,3-10,17H2,1-2H3,(H,18,19). The lowest BCUT2D eigenvalue weighted by Gasteiger charge is -2.60. The molecule has 3 rings (SSSR count). The molecular weight excluding hydrogens is 252 g/mol. The Bertz CT molecular complexity index is 390. The molecular formula is C16H28N2O2. The number of nitrogens with two attached hydrogens (primary N) is 1. The van der Waals surface area contributed by atoms with Crippen molar-refractivity contribution in [1.82, 2.24) is 5.32 Å². The lowest BCUT2D eigenvalue weighted by molar-refractivity contribution is -0.175. The maximum absolute atomic E-state index is 12.7. The van der Waals surface area contributed by atoms with E-state index in [4.69, 9.17) is 10.5 Å². The van der Waals surface area contributed by atoms with E-state index in [1.54, 1.807) is 0 Å².